The maximum Gasteiger partial charge on any atom is 0.315 e. The van der Waals surface area contributed by atoms with Gasteiger partial charge >= 0.3 is 6.03 Å². The van der Waals surface area contributed by atoms with Crippen molar-refractivity contribution in [3.8, 4) is 0 Å². The summed E-state index contributed by atoms with van der Waals surface area (Å²) in [5.41, 5.74) is 4.65. The molecule has 0 aliphatic carbocycles. The molecule has 1 aliphatic heterocycles. The fraction of sp³-hybridized carbons (Fsp3) is 0.409. The van der Waals surface area contributed by atoms with Crippen LogP contribution in [0, 0.1) is 0 Å². The van der Waals surface area contributed by atoms with Gasteiger partial charge in [0.25, 0.3) is 0 Å². The summed E-state index contributed by atoms with van der Waals surface area (Å²) in [6.45, 7) is 4.92. The van der Waals surface area contributed by atoms with E-state index in [1.54, 1.807) is 7.11 Å². The van der Waals surface area contributed by atoms with E-state index in [4.69, 9.17) is 4.74 Å². The number of nitrogens with zero attached hydrogens (tertiary/aromatic N) is 1. The Morgan fingerprint density at radius 2 is 1.67 bits per heavy atom. The quantitative estimate of drug-likeness (QED) is 0.752. The summed E-state index contributed by atoms with van der Waals surface area (Å²) in [5.74, 6) is 0. The van der Waals surface area contributed by atoms with Crippen molar-refractivity contribution < 1.29 is 9.53 Å². The minimum absolute atomic E-state index is 0.150. The van der Waals surface area contributed by atoms with E-state index in [0.29, 0.717) is 19.7 Å². The molecule has 0 unspecified atom stereocenters. The first-order chi connectivity index (χ1) is 13.2. The molecular weight excluding hydrogens is 338 g/mol. The number of rotatable bonds is 8. The van der Waals surface area contributed by atoms with Gasteiger partial charge in [-0.3, -0.25) is 4.90 Å². The van der Waals surface area contributed by atoms with Crippen LogP contribution in [0.15, 0.2) is 48.5 Å². The molecule has 5 heteroatoms. The van der Waals surface area contributed by atoms with Gasteiger partial charge in [0.15, 0.2) is 0 Å². The van der Waals surface area contributed by atoms with Crippen molar-refractivity contribution in [2.45, 2.75) is 39.1 Å². The van der Waals surface area contributed by atoms with E-state index in [0.717, 1.165) is 17.7 Å². The lowest BCUT2D eigenvalue weighted by Gasteiger charge is -2.18. The highest BCUT2D eigenvalue weighted by molar-refractivity contribution is 5.73. The van der Waals surface area contributed by atoms with E-state index in [9.17, 15) is 4.79 Å². The topological polar surface area (TPSA) is 53.6 Å². The summed E-state index contributed by atoms with van der Waals surface area (Å²) < 4.78 is 5.15. The van der Waals surface area contributed by atoms with Crippen LogP contribution in [0.4, 0.5) is 4.79 Å². The van der Waals surface area contributed by atoms with E-state index in [1.807, 2.05) is 24.3 Å². The Morgan fingerprint density at radius 1 is 0.963 bits per heavy atom. The zero-order valence-corrected chi connectivity index (χ0v) is 16.0. The molecule has 1 fully saturated rings. The van der Waals surface area contributed by atoms with Crippen LogP contribution in [-0.4, -0.2) is 31.1 Å². The Balaban J connectivity index is 1.48. The Morgan fingerprint density at radius 3 is 2.44 bits per heavy atom. The van der Waals surface area contributed by atoms with Gasteiger partial charge in [-0.2, -0.15) is 0 Å². The third-order valence-corrected chi connectivity index (χ3v) is 4.91. The summed E-state index contributed by atoms with van der Waals surface area (Å²) in [5, 5.41) is 5.91. The molecule has 0 aromatic heterocycles. The number of ether oxygens (including phenoxy) is 1. The molecule has 144 valence electrons. The highest BCUT2D eigenvalue weighted by atomic mass is 16.5. The molecule has 2 aromatic carbocycles. The van der Waals surface area contributed by atoms with Gasteiger partial charge in [-0.1, -0.05) is 48.5 Å². The Hall–Kier alpha value is -2.37. The van der Waals surface area contributed by atoms with Crippen LogP contribution in [0.25, 0.3) is 0 Å². The number of likely N-dealkylation sites (tertiary alicyclic amines) is 1. The molecule has 1 heterocycles. The first kappa shape index (κ1) is 19.4. The summed E-state index contributed by atoms with van der Waals surface area (Å²) in [4.78, 5) is 14.7. The molecule has 0 bridgehead atoms. The third kappa shape index (κ3) is 6.08. The standard InChI is InChI=1S/C22H29N3O2/c1-27-17-19-8-6-7-18(13-19)14-23-22(26)24-15-20-9-2-3-10-21(20)16-25-11-4-5-12-25/h2-3,6-10,13H,4-5,11-12,14-17H2,1H3,(H2,23,24,26). The molecule has 1 saturated heterocycles. The largest absolute Gasteiger partial charge is 0.380 e. The van der Waals surface area contributed by atoms with Crippen LogP contribution in [0.2, 0.25) is 0 Å². The SMILES string of the molecule is COCc1cccc(CNC(=O)NCc2ccccc2CN2CCCC2)c1. The Labute approximate surface area is 161 Å². The highest BCUT2D eigenvalue weighted by Crippen LogP contribution is 2.16. The zero-order chi connectivity index (χ0) is 18.9. The predicted molar refractivity (Wildman–Crippen MR) is 107 cm³/mol. The molecular formula is C22H29N3O2. The highest BCUT2D eigenvalue weighted by Gasteiger charge is 2.13. The van der Waals surface area contributed by atoms with Crippen LogP contribution in [0.5, 0.6) is 0 Å². The monoisotopic (exact) mass is 367 g/mol. The average Bonchev–Trinajstić information content (AvgIpc) is 3.19. The fourth-order valence-corrected chi connectivity index (χ4v) is 3.48. The van der Waals surface area contributed by atoms with E-state index < -0.39 is 0 Å². The average molecular weight is 367 g/mol. The van der Waals surface area contributed by atoms with E-state index in [-0.39, 0.29) is 6.03 Å². The molecule has 0 radical (unpaired) electrons. The third-order valence-electron chi connectivity index (χ3n) is 4.91. The normalized spacial score (nSPS) is 14.3. The second kappa shape index (κ2) is 10.1. The van der Waals surface area contributed by atoms with Crippen LogP contribution in [-0.2, 0) is 31.0 Å². The molecule has 0 saturated carbocycles. The molecule has 1 aliphatic rings. The fourth-order valence-electron chi connectivity index (χ4n) is 3.48. The van der Waals surface area contributed by atoms with Crippen LogP contribution >= 0.6 is 0 Å². The second-order valence-electron chi connectivity index (χ2n) is 7.04. The van der Waals surface area contributed by atoms with Crippen molar-refractivity contribution in [3.63, 3.8) is 0 Å². The van der Waals surface area contributed by atoms with E-state index in [1.165, 1.54) is 37.1 Å². The van der Waals surface area contributed by atoms with Crippen molar-refractivity contribution >= 4 is 6.03 Å². The van der Waals surface area contributed by atoms with Crippen molar-refractivity contribution in [3.05, 3.63) is 70.8 Å². The molecule has 5 nitrogen and oxygen atoms in total. The zero-order valence-electron chi connectivity index (χ0n) is 16.0. The Kier molecular flexibility index (Phi) is 7.25. The number of benzene rings is 2. The van der Waals surface area contributed by atoms with Crippen molar-refractivity contribution in [1.82, 2.24) is 15.5 Å². The molecule has 2 N–H and O–H groups in total. The van der Waals surface area contributed by atoms with Gasteiger partial charge in [0, 0.05) is 26.7 Å². The molecule has 0 spiro atoms. The maximum absolute atomic E-state index is 12.2. The number of carbonyl (C=O) groups is 1. The number of hydrogen-bond acceptors (Lipinski definition) is 3. The summed E-state index contributed by atoms with van der Waals surface area (Å²) in [6.07, 6.45) is 2.57. The number of carbonyl (C=O) groups excluding carboxylic acids is 1. The molecule has 2 amide bonds. The van der Waals surface area contributed by atoms with Gasteiger partial charge < -0.3 is 15.4 Å². The molecule has 2 aromatic rings. The maximum atomic E-state index is 12.2. The van der Waals surface area contributed by atoms with Gasteiger partial charge in [-0.25, -0.2) is 4.79 Å². The summed E-state index contributed by atoms with van der Waals surface area (Å²) in [6, 6.07) is 16.3. The first-order valence-corrected chi connectivity index (χ1v) is 9.62. The van der Waals surface area contributed by atoms with Gasteiger partial charge in [-0.05, 0) is 48.2 Å². The van der Waals surface area contributed by atoms with Gasteiger partial charge in [0.2, 0.25) is 0 Å². The van der Waals surface area contributed by atoms with Crippen molar-refractivity contribution in [2.75, 3.05) is 20.2 Å². The predicted octanol–water partition coefficient (Wildman–Crippen LogP) is 3.43. The lowest BCUT2D eigenvalue weighted by molar-refractivity contribution is 0.185. The van der Waals surface area contributed by atoms with Crippen molar-refractivity contribution in [2.24, 2.45) is 0 Å². The number of amides is 2. The van der Waals surface area contributed by atoms with Crippen LogP contribution < -0.4 is 10.6 Å². The number of urea groups is 1. The summed E-state index contributed by atoms with van der Waals surface area (Å²) >= 11 is 0. The van der Waals surface area contributed by atoms with Crippen molar-refractivity contribution in [1.29, 1.82) is 0 Å². The van der Waals surface area contributed by atoms with Crippen LogP contribution in [0.3, 0.4) is 0 Å². The molecule has 3 rings (SSSR count). The lowest BCUT2D eigenvalue weighted by Crippen LogP contribution is -2.35. The lowest BCUT2D eigenvalue weighted by atomic mass is 10.1. The minimum Gasteiger partial charge on any atom is -0.380 e. The Bertz CT molecular complexity index is 742. The summed E-state index contributed by atoms with van der Waals surface area (Å²) in [7, 11) is 1.68. The number of nitrogens with one attached hydrogen (secondary N) is 2. The van der Waals surface area contributed by atoms with E-state index in [2.05, 4.69) is 39.8 Å². The minimum atomic E-state index is -0.150. The van der Waals surface area contributed by atoms with Gasteiger partial charge in [0.05, 0.1) is 6.61 Å². The smallest absolute Gasteiger partial charge is 0.315 e. The van der Waals surface area contributed by atoms with E-state index >= 15 is 0 Å². The number of hydrogen-bond donors (Lipinski definition) is 2. The number of methoxy groups -OCH3 is 1. The molecule has 0 atom stereocenters. The molecule has 27 heavy (non-hydrogen) atoms. The van der Waals surface area contributed by atoms with Crippen LogP contribution in [0.1, 0.15) is 35.1 Å². The first-order valence-electron chi connectivity index (χ1n) is 9.62. The second-order valence-corrected chi connectivity index (χ2v) is 7.04. The van der Waals surface area contributed by atoms with Gasteiger partial charge in [-0.15, -0.1) is 0 Å². The van der Waals surface area contributed by atoms with Gasteiger partial charge in [0.1, 0.15) is 0 Å².